The monoisotopic (exact) mass is 250 g/mol. The Bertz CT molecular complexity index is 357. The van der Waals surface area contributed by atoms with Gasteiger partial charge >= 0.3 is 0 Å². The highest BCUT2D eigenvalue weighted by molar-refractivity contribution is 5.19. The third-order valence-corrected chi connectivity index (χ3v) is 4.04. The lowest BCUT2D eigenvalue weighted by Gasteiger charge is -2.25. The van der Waals surface area contributed by atoms with Gasteiger partial charge in [-0.3, -0.25) is 0 Å². The molecule has 0 amide bonds. The first-order chi connectivity index (χ1) is 8.66. The Balaban J connectivity index is 1.80. The van der Waals surface area contributed by atoms with Crippen molar-refractivity contribution < 1.29 is 4.39 Å². The molecule has 0 heterocycles. The standard InChI is InChI=1S/C15H23FN2/c1-18(14-4-2-3-5-14)11-10-15(17)12-6-8-13(16)9-7-12/h6-9,14-15H,2-5,10-11,17H2,1H3. The van der Waals surface area contributed by atoms with Crippen LogP contribution in [0.2, 0.25) is 0 Å². The van der Waals surface area contributed by atoms with Gasteiger partial charge in [0.05, 0.1) is 0 Å². The van der Waals surface area contributed by atoms with Crippen LogP contribution in [0.1, 0.15) is 43.7 Å². The number of hydrogen-bond donors (Lipinski definition) is 1. The van der Waals surface area contributed by atoms with E-state index >= 15 is 0 Å². The van der Waals surface area contributed by atoms with Gasteiger partial charge in [-0.2, -0.15) is 0 Å². The maximum Gasteiger partial charge on any atom is 0.123 e. The highest BCUT2D eigenvalue weighted by Gasteiger charge is 2.19. The van der Waals surface area contributed by atoms with Crippen LogP contribution in [0.15, 0.2) is 24.3 Å². The first-order valence-electron chi connectivity index (χ1n) is 6.88. The molecule has 0 spiro atoms. The van der Waals surface area contributed by atoms with Gasteiger partial charge in [-0.05, 0) is 50.6 Å². The number of halogens is 1. The fourth-order valence-electron chi connectivity index (χ4n) is 2.75. The predicted octanol–water partition coefficient (Wildman–Crippen LogP) is 3.09. The van der Waals surface area contributed by atoms with Crippen molar-refractivity contribution in [1.82, 2.24) is 4.90 Å². The Labute approximate surface area is 109 Å². The average Bonchev–Trinajstić information content (AvgIpc) is 2.90. The minimum Gasteiger partial charge on any atom is -0.324 e. The molecule has 1 aliphatic rings. The van der Waals surface area contributed by atoms with Crippen molar-refractivity contribution in [2.75, 3.05) is 13.6 Å². The van der Waals surface area contributed by atoms with E-state index in [9.17, 15) is 4.39 Å². The Hall–Kier alpha value is -0.930. The van der Waals surface area contributed by atoms with E-state index in [4.69, 9.17) is 5.73 Å². The molecule has 2 rings (SSSR count). The molecule has 2 nitrogen and oxygen atoms in total. The number of rotatable bonds is 5. The molecule has 0 saturated heterocycles. The number of hydrogen-bond acceptors (Lipinski definition) is 2. The maximum atomic E-state index is 12.8. The van der Waals surface area contributed by atoms with Crippen molar-refractivity contribution in [1.29, 1.82) is 0 Å². The summed E-state index contributed by atoms with van der Waals surface area (Å²) in [6.45, 7) is 1.02. The van der Waals surface area contributed by atoms with Crippen molar-refractivity contribution in [3.63, 3.8) is 0 Å². The largest absolute Gasteiger partial charge is 0.324 e. The summed E-state index contributed by atoms with van der Waals surface area (Å²) in [4.78, 5) is 2.43. The molecule has 2 N–H and O–H groups in total. The van der Waals surface area contributed by atoms with Crippen molar-refractivity contribution in [2.24, 2.45) is 5.73 Å². The Morgan fingerprint density at radius 2 is 1.89 bits per heavy atom. The molecular weight excluding hydrogens is 227 g/mol. The second-order valence-corrected chi connectivity index (χ2v) is 5.37. The molecule has 1 aliphatic carbocycles. The third kappa shape index (κ3) is 3.53. The van der Waals surface area contributed by atoms with Gasteiger partial charge in [-0.1, -0.05) is 25.0 Å². The van der Waals surface area contributed by atoms with Crippen LogP contribution < -0.4 is 5.73 Å². The molecule has 0 bridgehead atoms. The third-order valence-electron chi connectivity index (χ3n) is 4.04. The van der Waals surface area contributed by atoms with Gasteiger partial charge in [0.15, 0.2) is 0 Å². The lowest BCUT2D eigenvalue weighted by Crippen LogP contribution is -2.31. The Morgan fingerprint density at radius 3 is 2.50 bits per heavy atom. The number of nitrogens with two attached hydrogens (primary N) is 1. The molecule has 1 aromatic carbocycles. The zero-order valence-electron chi connectivity index (χ0n) is 11.1. The van der Waals surface area contributed by atoms with Gasteiger partial charge in [0.25, 0.3) is 0 Å². The molecule has 18 heavy (non-hydrogen) atoms. The van der Waals surface area contributed by atoms with Crippen molar-refractivity contribution in [3.8, 4) is 0 Å². The summed E-state index contributed by atoms with van der Waals surface area (Å²) in [6.07, 6.45) is 6.29. The van der Waals surface area contributed by atoms with E-state index in [0.29, 0.717) is 0 Å². The van der Waals surface area contributed by atoms with E-state index in [1.165, 1.54) is 37.8 Å². The van der Waals surface area contributed by atoms with E-state index in [-0.39, 0.29) is 11.9 Å². The van der Waals surface area contributed by atoms with E-state index in [0.717, 1.165) is 24.6 Å². The van der Waals surface area contributed by atoms with Crippen molar-refractivity contribution in [3.05, 3.63) is 35.6 Å². The second kappa shape index (κ2) is 6.30. The quantitative estimate of drug-likeness (QED) is 0.870. The minimum absolute atomic E-state index is 0.00875. The first-order valence-corrected chi connectivity index (χ1v) is 6.88. The summed E-state index contributed by atoms with van der Waals surface area (Å²) in [6, 6.07) is 7.29. The van der Waals surface area contributed by atoms with Crippen LogP contribution in [-0.2, 0) is 0 Å². The predicted molar refractivity (Wildman–Crippen MR) is 72.8 cm³/mol. The molecule has 1 saturated carbocycles. The summed E-state index contributed by atoms with van der Waals surface area (Å²) in [5.41, 5.74) is 7.17. The van der Waals surface area contributed by atoms with E-state index in [1.807, 2.05) is 0 Å². The zero-order chi connectivity index (χ0) is 13.0. The van der Waals surface area contributed by atoms with Gasteiger partial charge in [0.1, 0.15) is 5.82 Å². The lowest BCUT2D eigenvalue weighted by molar-refractivity contribution is 0.237. The normalized spacial score (nSPS) is 18.4. The van der Waals surface area contributed by atoms with Gasteiger partial charge in [0, 0.05) is 12.1 Å². The van der Waals surface area contributed by atoms with Crippen LogP contribution in [0.4, 0.5) is 4.39 Å². The topological polar surface area (TPSA) is 29.3 Å². The molecule has 100 valence electrons. The fraction of sp³-hybridized carbons (Fsp3) is 0.600. The average molecular weight is 250 g/mol. The molecule has 0 aliphatic heterocycles. The SMILES string of the molecule is CN(CCC(N)c1ccc(F)cc1)C1CCCC1. The van der Waals surface area contributed by atoms with Crippen LogP contribution in [-0.4, -0.2) is 24.5 Å². The van der Waals surface area contributed by atoms with Crippen molar-refractivity contribution in [2.45, 2.75) is 44.2 Å². The number of nitrogens with zero attached hydrogens (tertiary/aromatic N) is 1. The highest BCUT2D eigenvalue weighted by Crippen LogP contribution is 2.23. The van der Waals surface area contributed by atoms with Crippen LogP contribution in [0.5, 0.6) is 0 Å². The van der Waals surface area contributed by atoms with E-state index < -0.39 is 0 Å². The van der Waals surface area contributed by atoms with Crippen molar-refractivity contribution >= 4 is 0 Å². The van der Waals surface area contributed by atoms with E-state index in [2.05, 4.69) is 11.9 Å². The summed E-state index contributed by atoms with van der Waals surface area (Å²) in [5, 5.41) is 0. The molecule has 1 fully saturated rings. The van der Waals surface area contributed by atoms with Gasteiger partial charge in [-0.25, -0.2) is 4.39 Å². The summed E-state index contributed by atoms with van der Waals surface area (Å²) in [5.74, 6) is -0.200. The fourth-order valence-corrected chi connectivity index (χ4v) is 2.75. The molecule has 0 aromatic heterocycles. The molecule has 1 atom stereocenters. The lowest BCUT2D eigenvalue weighted by atomic mass is 10.0. The summed E-state index contributed by atoms with van der Waals surface area (Å²) < 4.78 is 12.8. The summed E-state index contributed by atoms with van der Waals surface area (Å²) >= 11 is 0. The zero-order valence-corrected chi connectivity index (χ0v) is 11.1. The molecule has 1 aromatic rings. The minimum atomic E-state index is -0.200. The molecule has 3 heteroatoms. The van der Waals surface area contributed by atoms with Gasteiger partial charge in [0.2, 0.25) is 0 Å². The molecule has 1 unspecified atom stereocenters. The van der Waals surface area contributed by atoms with Crippen LogP contribution in [0, 0.1) is 5.82 Å². The number of benzene rings is 1. The smallest absolute Gasteiger partial charge is 0.123 e. The highest BCUT2D eigenvalue weighted by atomic mass is 19.1. The molecule has 0 radical (unpaired) electrons. The Morgan fingerprint density at radius 1 is 1.28 bits per heavy atom. The summed E-state index contributed by atoms with van der Waals surface area (Å²) in [7, 11) is 2.19. The van der Waals surface area contributed by atoms with Gasteiger partial charge in [-0.15, -0.1) is 0 Å². The van der Waals surface area contributed by atoms with Gasteiger partial charge < -0.3 is 10.6 Å². The van der Waals surface area contributed by atoms with Crippen LogP contribution in [0.3, 0.4) is 0 Å². The second-order valence-electron chi connectivity index (χ2n) is 5.37. The maximum absolute atomic E-state index is 12.8. The van der Waals surface area contributed by atoms with Crippen LogP contribution in [0.25, 0.3) is 0 Å². The van der Waals surface area contributed by atoms with E-state index in [1.54, 1.807) is 12.1 Å². The van der Waals surface area contributed by atoms with Crippen LogP contribution >= 0.6 is 0 Å². The first kappa shape index (κ1) is 13.5. The molecular formula is C15H23FN2. The Kier molecular flexibility index (Phi) is 4.72.